The van der Waals surface area contributed by atoms with Crippen LogP contribution in [0.2, 0.25) is 0 Å². The molecule has 0 radical (unpaired) electrons. The maximum atomic E-state index is 3.50. The first-order valence-corrected chi connectivity index (χ1v) is 5.92. The molecule has 0 amide bonds. The molecule has 1 aromatic heterocycles. The zero-order valence-electron chi connectivity index (χ0n) is 10.3. The highest BCUT2D eigenvalue weighted by molar-refractivity contribution is 5.83. The van der Waals surface area contributed by atoms with E-state index in [1.807, 2.05) is 0 Å². The minimum atomic E-state index is 0.701. The third-order valence-electron chi connectivity index (χ3n) is 2.85. The predicted octanol–water partition coefficient (Wildman–Crippen LogP) is 2.92. The van der Waals surface area contributed by atoms with Crippen molar-refractivity contribution in [1.82, 2.24) is 9.88 Å². The van der Waals surface area contributed by atoms with Gasteiger partial charge in [-0.15, -0.1) is 0 Å². The Hall–Kier alpha value is -1.28. The van der Waals surface area contributed by atoms with E-state index in [1.165, 1.54) is 16.5 Å². The molecule has 0 aliphatic heterocycles. The summed E-state index contributed by atoms with van der Waals surface area (Å²) in [6, 6.07) is 8.67. The molecule has 2 heteroatoms. The molecule has 0 aliphatic carbocycles. The lowest BCUT2D eigenvalue weighted by Gasteiger charge is -2.09. The summed E-state index contributed by atoms with van der Waals surface area (Å²) in [5.74, 6) is 0.701. The van der Waals surface area contributed by atoms with E-state index in [4.69, 9.17) is 0 Å². The van der Waals surface area contributed by atoms with Crippen molar-refractivity contribution in [2.45, 2.75) is 20.4 Å². The van der Waals surface area contributed by atoms with Gasteiger partial charge in [0.2, 0.25) is 0 Å². The summed E-state index contributed by atoms with van der Waals surface area (Å²) in [6.45, 7) is 6.49. The van der Waals surface area contributed by atoms with Crippen molar-refractivity contribution >= 4 is 10.9 Å². The summed E-state index contributed by atoms with van der Waals surface area (Å²) in [5, 5.41) is 4.82. The molecule has 16 heavy (non-hydrogen) atoms. The molecule has 1 aromatic carbocycles. The first-order valence-electron chi connectivity index (χ1n) is 5.92. The molecule has 0 spiro atoms. The number of aromatic nitrogens is 1. The molecule has 2 aromatic rings. The first-order chi connectivity index (χ1) is 7.68. The van der Waals surface area contributed by atoms with Gasteiger partial charge in [0.05, 0.1) is 5.52 Å². The number of nitrogens with zero attached hydrogens (tertiary/aromatic N) is 1. The Labute approximate surface area is 97.3 Å². The van der Waals surface area contributed by atoms with Crippen LogP contribution in [0.25, 0.3) is 10.9 Å². The van der Waals surface area contributed by atoms with Crippen molar-refractivity contribution in [3.63, 3.8) is 0 Å². The van der Waals surface area contributed by atoms with Crippen molar-refractivity contribution in [2.24, 2.45) is 13.0 Å². The van der Waals surface area contributed by atoms with E-state index < -0.39 is 0 Å². The van der Waals surface area contributed by atoms with Gasteiger partial charge in [-0.1, -0.05) is 32.0 Å². The van der Waals surface area contributed by atoms with Crippen molar-refractivity contribution in [1.29, 1.82) is 0 Å². The number of aryl methyl sites for hydroxylation is 1. The van der Waals surface area contributed by atoms with Gasteiger partial charge in [0, 0.05) is 19.8 Å². The summed E-state index contributed by atoms with van der Waals surface area (Å²) in [5.41, 5.74) is 2.73. The fourth-order valence-electron chi connectivity index (χ4n) is 2.08. The Kier molecular flexibility index (Phi) is 3.30. The zero-order chi connectivity index (χ0) is 11.5. The third-order valence-corrected chi connectivity index (χ3v) is 2.85. The standard InChI is InChI=1S/C14H20N2/c1-11(2)9-15-10-13-6-4-5-12-7-8-16(3)14(12)13/h4-8,11,15H,9-10H2,1-3H3. The molecule has 0 saturated carbocycles. The molecule has 2 nitrogen and oxygen atoms in total. The molecular formula is C14H20N2. The fourth-order valence-corrected chi connectivity index (χ4v) is 2.08. The second-order valence-electron chi connectivity index (χ2n) is 4.81. The van der Waals surface area contributed by atoms with Gasteiger partial charge in [0.1, 0.15) is 0 Å². The van der Waals surface area contributed by atoms with E-state index >= 15 is 0 Å². The Morgan fingerprint density at radius 3 is 2.81 bits per heavy atom. The number of rotatable bonds is 4. The van der Waals surface area contributed by atoms with E-state index in [9.17, 15) is 0 Å². The second-order valence-corrected chi connectivity index (χ2v) is 4.81. The number of para-hydroxylation sites is 1. The van der Waals surface area contributed by atoms with Gasteiger partial charge in [0.15, 0.2) is 0 Å². The number of fused-ring (bicyclic) bond motifs is 1. The molecule has 1 heterocycles. The SMILES string of the molecule is CC(C)CNCc1cccc2ccn(C)c12. The molecule has 0 saturated heterocycles. The van der Waals surface area contributed by atoms with Crippen LogP contribution in [0.15, 0.2) is 30.5 Å². The van der Waals surface area contributed by atoms with Crippen LogP contribution in [0.5, 0.6) is 0 Å². The summed E-state index contributed by atoms with van der Waals surface area (Å²) in [7, 11) is 2.11. The molecule has 0 aliphatic rings. The van der Waals surface area contributed by atoms with Gasteiger partial charge in [-0.05, 0) is 29.5 Å². The highest BCUT2D eigenvalue weighted by Crippen LogP contribution is 2.19. The minimum Gasteiger partial charge on any atom is -0.350 e. The van der Waals surface area contributed by atoms with E-state index in [0.717, 1.165) is 13.1 Å². The lowest BCUT2D eigenvalue weighted by atomic mass is 10.1. The van der Waals surface area contributed by atoms with Crippen LogP contribution in [-0.2, 0) is 13.6 Å². The number of hydrogen-bond donors (Lipinski definition) is 1. The summed E-state index contributed by atoms with van der Waals surface area (Å²) < 4.78 is 2.20. The van der Waals surface area contributed by atoms with Gasteiger partial charge in [0.25, 0.3) is 0 Å². The topological polar surface area (TPSA) is 17.0 Å². The second kappa shape index (κ2) is 4.71. The maximum Gasteiger partial charge on any atom is 0.0523 e. The largest absolute Gasteiger partial charge is 0.350 e. The van der Waals surface area contributed by atoms with Crippen LogP contribution in [0.4, 0.5) is 0 Å². The fraction of sp³-hybridized carbons (Fsp3) is 0.429. The Morgan fingerprint density at radius 2 is 2.06 bits per heavy atom. The average molecular weight is 216 g/mol. The van der Waals surface area contributed by atoms with Crippen LogP contribution in [0, 0.1) is 5.92 Å². The van der Waals surface area contributed by atoms with Crippen LogP contribution >= 0.6 is 0 Å². The quantitative estimate of drug-likeness (QED) is 0.831. The average Bonchev–Trinajstić information content (AvgIpc) is 2.61. The molecule has 2 rings (SSSR count). The highest BCUT2D eigenvalue weighted by atomic mass is 14.9. The van der Waals surface area contributed by atoms with Crippen molar-refractivity contribution in [3.05, 3.63) is 36.0 Å². The van der Waals surface area contributed by atoms with Crippen LogP contribution in [0.3, 0.4) is 0 Å². The minimum absolute atomic E-state index is 0.701. The highest BCUT2D eigenvalue weighted by Gasteiger charge is 2.03. The van der Waals surface area contributed by atoms with Crippen LogP contribution < -0.4 is 5.32 Å². The van der Waals surface area contributed by atoms with E-state index in [2.05, 4.69) is 61.2 Å². The van der Waals surface area contributed by atoms with E-state index in [1.54, 1.807) is 0 Å². The number of nitrogens with one attached hydrogen (secondary N) is 1. The van der Waals surface area contributed by atoms with Crippen LogP contribution in [-0.4, -0.2) is 11.1 Å². The molecule has 0 unspecified atom stereocenters. The Bertz CT molecular complexity index is 469. The normalized spacial score (nSPS) is 11.5. The molecule has 1 N–H and O–H groups in total. The summed E-state index contributed by atoms with van der Waals surface area (Å²) in [6.07, 6.45) is 2.12. The van der Waals surface area contributed by atoms with Crippen LogP contribution in [0.1, 0.15) is 19.4 Å². The Morgan fingerprint density at radius 1 is 1.25 bits per heavy atom. The van der Waals surface area contributed by atoms with Crippen molar-refractivity contribution in [3.8, 4) is 0 Å². The molecule has 0 fully saturated rings. The lowest BCUT2D eigenvalue weighted by Crippen LogP contribution is -2.19. The van der Waals surface area contributed by atoms with E-state index in [0.29, 0.717) is 5.92 Å². The number of benzene rings is 1. The first kappa shape index (κ1) is 11.2. The maximum absolute atomic E-state index is 3.50. The van der Waals surface area contributed by atoms with Gasteiger partial charge in [-0.3, -0.25) is 0 Å². The lowest BCUT2D eigenvalue weighted by molar-refractivity contribution is 0.553. The van der Waals surface area contributed by atoms with Gasteiger partial charge in [-0.2, -0.15) is 0 Å². The number of hydrogen-bond acceptors (Lipinski definition) is 1. The van der Waals surface area contributed by atoms with Gasteiger partial charge in [-0.25, -0.2) is 0 Å². The molecule has 86 valence electrons. The van der Waals surface area contributed by atoms with Crippen molar-refractivity contribution in [2.75, 3.05) is 6.54 Å². The Balaban J connectivity index is 2.20. The summed E-state index contributed by atoms with van der Waals surface area (Å²) in [4.78, 5) is 0. The molecule has 0 atom stereocenters. The van der Waals surface area contributed by atoms with E-state index in [-0.39, 0.29) is 0 Å². The van der Waals surface area contributed by atoms with Gasteiger partial charge < -0.3 is 9.88 Å². The predicted molar refractivity (Wildman–Crippen MR) is 69.5 cm³/mol. The van der Waals surface area contributed by atoms with Crippen molar-refractivity contribution < 1.29 is 0 Å². The summed E-state index contributed by atoms with van der Waals surface area (Å²) >= 11 is 0. The third kappa shape index (κ3) is 2.27. The van der Waals surface area contributed by atoms with Gasteiger partial charge >= 0.3 is 0 Å². The molecule has 0 bridgehead atoms. The molecular weight excluding hydrogens is 196 g/mol. The monoisotopic (exact) mass is 216 g/mol. The zero-order valence-corrected chi connectivity index (χ0v) is 10.3. The smallest absolute Gasteiger partial charge is 0.0523 e.